The lowest BCUT2D eigenvalue weighted by Gasteiger charge is -2.13. The molecule has 0 aliphatic rings. The molecule has 0 unspecified atom stereocenters. The highest BCUT2D eigenvalue weighted by atomic mass is 32.2. The van der Waals surface area contributed by atoms with E-state index in [0.29, 0.717) is 6.92 Å². The van der Waals surface area contributed by atoms with E-state index in [1.165, 1.54) is 12.1 Å². The van der Waals surface area contributed by atoms with Crippen molar-refractivity contribution in [2.75, 3.05) is 6.26 Å². The van der Waals surface area contributed by atoms with E-state index >= 15 is 0 Å². The molecule has 0 saturated carbocycles. The molecule has 1 rings (SSSR count). The summed E-state index contributed by atoms with van der Waals surface area (Å²) in [5.74, 6) is 0.117. The molecule has 138 valence electrons. The van der Waals surface area contributed by atoms with Crippen LogP contribution < -0.4 is 4.74 Å². The van der Waals surface area contributed by atoms with E-state index in [1.54, 1.807) is 23.9 Å². The van der Waals surface area contributed by atoms with Crippen molar-refractivity contribution in [2.45, 2.75) is 40.7 Å². The molecule has 5 heteroatoms. The Morgan fingerprint density at radius 1 is 1.16 bits per heavy atom. The van der Waals surface area contributed by atoms with Crippen molar-refractivity contribution in [3.8, 4) is 5.75 Å². The van der Waals surface area contributed by atoms with Gasteiger partial charge < -0.3 is 4.74 Å². The van der Waals surface area contributed by atoms with Crippen molar-refractivity contribution in [1.29, 1.82) is 0 Å². The van der Waals surface area contributed by atoms with Crippen LogP contribution in [0.2, 0.25) is 0 Å². The summed E-state index contributed by atoms with van der Waals surface area (Å²) in [6, 6.07) is 6.41. The lowest BCUT2D eigenvalue weighted by molar-refractivity contribution is -0.158. The zero-order valence-corrected chi connectivity index (χ0v) is 16.6. The van der Waals surface area contributed by atoms with Gasteiger partial charge in [0.1, 0.15) is 5.75 Å². The molecule has 25 heavy (non-hydrogen) atoms. The number of nitrogens with zero attached hydrogens (tertiary/aromatic N) is 1. The number of allylic oxidation sites excluding steroid dienone is 4. The summed E-state index contributed by atoms with van der Waals surface area (Å²) >= 11 is 1.54. The molecule has 0 amide bonds. The molecule has 0 aliphatic heterocycles. The second-order valence-electron chi connectivity index (χ2n) is 5.31. The van der Waals surface area contributed by atoms with Crippen molar-refractivity contribution < 1.29 is 13.5 Å². The van der Waals surface area contributed by atoms with Crippen LogP contribution in [-0.4, -0.2) is 17.4 Å². The monoisotopic (exact) mass is 367 g/mol. The molecule has 0 aliphatic carbocycles. The fourth-order valence-corrected chi connectivity index (χ4v) is 1.72. The average molecular weight is 368 g/mol. The molecule has 1 aromatic carbocycles. The van der Waals surface area contributed by atoms with Gasteiger partial charge in [0.05, 0.1) is 10.7 Å². The van der Waals surface area contributed by atoms with Crippen LogP contribution in [0.15, 0.2) is 59.6 Å². The maximum absolute atomic E-state index is 12.8. The summed E-state index contributed by atoms with van der Waals surface area (Å²) in [6.07, 6.45) is 4.60. The Balaban J connectivity index is 0.00000129. The Kier molecular flexibility index (Phi) is 10.8. The number of halogens is 2. The van der Waals surface area contributed by atoms with Gasteiger partial charge in [-0.25, -0.2) is 4.99 Å². The Morgan fingerprint density at radius 2 is 1.68 bits per heavy atom. The van der Waals surface area contributed by atoms with Crippen molar-refractivity contribution in [3.63, 3.8) is 0 Å². The van der Waals surface area contributed by atoms with Gasteiger partial charge in [-0.1, -0.05) is 24.3 Å². The highest BCUT2D eigenvalue weighted by molar-refractivity contribution is 8.13. The highest BCUT2D eigenvalue weighted by Crippen LogP contribution is 2.25. The molecule has 2 nitrogen and oxygen atoms in total. The third-order valence-corrected chi connectivity index (χ3v) is 3.42. The molecular weight excluding hydrogens is 340 g/mol. The third kappa shape index (κ3) is 11.3. The molecule has 0 spiro atoms. The standard InChI is InChI=1S/C16H19F2NOS.C4H8/c1-11(2)10-15(19-12(3)21-5)13-6-8-14(9-7-13)20-16(4,17)18;1-3-4-2/h6-10H,1H2,2-5H3;3-4H,1-2H3/b15-10-,19-12?;4-3-. The smallest absolute Gasteiger partial charge is 0.394 e. The van der Waals surface area contributed by atoms with E-state index in [0.717, 1.165) is 21.9 Å². The molecular formula is C20H27F2NOS. The van der Waals surface area contributed by atoms with E-state index in [4.69, 9.17) is 0 Å². The first-order valence-corrected chi connectivity index (χ1v) is 9.06. The Labute approximate surface area is 154 Å². The number of ether oxygens (including phenoxy) is 1. The highest BCUT2D eigenvalue weighted by Gasteiger charge is 2.22. The van der Waals surface area contributed by atoms with Gasteiger partial charge in [-0.15, -0.1) is 11.8 Å². The van der Waals surface area contributed by atoms with Crippen LogP contribution in [0.4, 0.5) is 8.78 Å². The van der Waals surface area contributed by atoms with E-state index < -0.39 is 6.11 Å². The number of aliphatic imine (C=N–C) groups is 1. The van der Waals surface area contributed by atoms with Gasteiger partial charge in [-0.05, 0) is 64.3 Å². The van der Waals surface area contributed by atoms with Gasteiger partial charge in [0.25, 0.3) is 0 Å². The number of hydrogen-bond donors (Lipinski definition) is 0. The normalized spacial score (nSPS) is 12.6. The predicted octanol–water partition coefficient (Wildman–Crippen LogP) is 6.96. The second-order valence-corrected chi connectivity index (χ2v) is 6.31. The first-order valence-electron chi connectivity index (χ1n) is 7.84. The summed E-state index contributed by atoms with van der Waals surface area (Å²) in [5.41, 5.74) is 2.42. The van der Waals surface area contributed by atoms with Gasteiger partial charge in [-0.2, -0.15) is 8.78 Å². The van der Waals surface area contributed by atoms with Crippen molar-refractivity contribution in [3.05, 3.63) is 60.2 Å². The average Bonchev–Trinajstić information content (AvgIpc) is 2.53. The topological polar surface area (TPSA) is 21.6 Å². The lowest BCUT2D eigenvalue weighted by Crippen LogP contribution is -2.18. The molecule has 0 aromatic heterocycles. The van der Waals surface area contributed by atoms with Crippen LogP contribution in [0, 0.1) is 0 Å². The third-order valence-electron chi connectivity index (χ3n) is 2.74. The van der Waals surface area contributed by atoms with Gasteiger partial charge in [0.2, 0.25) is 0 Å². The van der Waals surface area contributed by atoms with Gasteiger partial charge >= 0.3 is 6.11 Å². The van der Waals surface area contributed by atoms with Crippen molar-refractivity contribution >= 4 is 22.5 Å². The van der Waals surface area contributed by atoms with E-state index in [1.807, 2.05) is 52.2 Å². The first-order chi connectivity index (χ1) is 11.6. The minimum atomic E-state index is -3.19. The number of hydrogen-bond acceptors (Lipinski definition) is 3. The Hall–Kier alpha value is -1.88. The number of thioether (sulfide) groups is 1. The van der Waals surface area contributed by atoms with Crippen LogP contribution in [0.3, 0.4) is 0 Å². The molecule has 0 bridgehead atoms. The molecule has 0 saturated heterocycles. The fraction of sp³-hybridized carbons (Fsp3) is 0.350. The summed E-state index contributed by atoms with van der Waals surface area (Å²) < 4.78 is 30.1. The summed E-state index contributed by atoms with van der Waals surface area (Å²) in [4.78, 5) is 4.50. The maximum Gasteiger partial charge on any atom is 0.394 e. The minimum Gasteiger partial charge on any atom is -0.433 e. The van der Waals surface area contributed by atoms with Crippen LogP contribution in [0.25, 0.3) is 5.70 Å². The van der Waals surface area contributed by atoms with E-state index in [-0.39, 0.29) is 5.75 Å². The fourth-order valence-electron chi connectivity index (χ4n) is 1.53. The first kappa shape index (κ1) is 23.1. The zero-order chi connectivity index (χ0) is 19.5. The predicted molar refractivity (Wildman–Crippen MR) is 108 cm³/mol. The SMILES string of the molecule is C/C=C\C.C=C(C)/C=C(\N=C(C)SC)c1ccc(OC(C)(F)F)cc1. The number of benzene rings is 1. The summed E-state index contributed by atoms with van der Waals surface area (Å²) in [5, 5.41) is 0.905. The maximum atomic E-state index is 12.8. The number of rotatable bonds is 5. The zero-order valence-electron chi connectivity index (χ0n) is 15.8. The Bertz CT molecular complexity index is 622. The lowest BCUT2D eigenvalue weighted by atomic mass is 10.1. The molecule has 0 fully saturated rings. The van der Waals surface area contributed by atoms with Gasteiger partial charge in [0.15, 0.2) is 0 Å². The second kappa shape index (κ2) is 11.6. The van der Waals surface area contributed by atoms with Crippen molar-refractivity contribution in [1.82, 2.24) is 0 Å². The minimum absolute atomic E-state index is 0.117. The summed E-state index contributed by atoms with van der Waals surface area (Å²) in [6.45, 7) is 12.3. The molecule has 0 atom stereocenters. The van der Waals surface area contributed by atoms with Crippen LogP contribution in [-0.2, 0) is 0 Å². The molecule has 1 aromatic rings. The quantitative estimate of drug-likeness (QED) is 0.243. The van der Waals surface area contributed by atoms with E-state index in [9.17, 15) is 8.78 Å². The van der Waals surface area contributed by atoms with Crippen LogP contribution in [0.1, 0.15) is 40.2 Å². The summed E-state index contributed by atoms with van der Waals surface area (Å²) in [7, 11) is 0. The van der Waals surface area contributed by atoms with Crippen LogP contribution >= 0.6 is 11.8 Å². The molecule has 0 radical (unpaired) electrons. The molecule has 0 N–H and O–H groups in total. The van der Waals surface area contributed by atoms with Gasteiger partial charge in [0, 0.05) is 12.5 Å². The number of alkyl halides is 2. The van der Waals surface area contributed by atoms with E-state index in [2.05, 4.69) is 16.3 Å². The largest absolute Gasteiger partial charge is 0.433 e. The van der Waals surface area contributed by atoms with Crippen molar-refractivity contribution in [2.24, 2.45) is 4.99 Å². The van der Waals surface area contributed by atoms with Crippen LogP contribution in [0.5, 0.6) is 5.75 Å². The molecule has 0 heterocycles. The van der Waals surface area contributed by atoms with Gasteiger partial charge in [-0.3, -0.25) is 0 Å². The Morgan fingerprint density at radius 3 is 2.04 bits per heavy atom.